The van der Waals surface area contributed by atoms with Gasteiger partial charge in [-0.15, -0.1) is 0 Å². The van der Waals surface area contributed by atoms with Gasteiger partial charge in [0.1, 0.15) is 11.3 Å². The van der Waals surface area contributed by atoms with Gasteiger partial charge in [0.2, 0.25) is 5.91 Å². The number of anilines is 1. The fourth-order valence-corrected chi connectivity index (χ4v) is 3.17. The van der Waals surface area contributed by atoms with Crippen molar-refractivity contribution in [3.05, 3.63) is 64.4 Å². The molecular formula is C22H19ClF3NO3. The summed E-state index contributed by atoms with van der Waals surface area (Å²) in [4.78, 5) is 12.5. The Hall–Kier alpha value is -2.93. The molecule has 3 rings (SSSR count). The summed E-state index contributed by atoms with van der Waals surface area (Å²) in [6.45, 7) is 5.87. The zero-order valence-corrected chi connectivity index (χ0v) is 17.2. The van der Waals surface area contributed by atoms with Crippen molar-refractivity contribution in [2.75, 3.05) is 11.9 Å². The van der Waals surface area contributed by atoms with Crippen LogP contribution >= 0.6 is 11.6 Å². The summed E-state index contributed by atoms with van der Waals surface area (Å²) in [6.07, 6.45) is -1.62. The number of carbonyl (C=O) groups excluding carboxylic acids is 1. The molecule has 3 aromatic rings. The SMILES string of the molecule is CCOc1cc2occ(C)c2cc1/C(C)=C/C(=O)Nc1cc(C(F)(F)F)ccc1Cl. The number of nitrogens with one attached hydrogen (secondary N) is 1. The van der Waals surface area contributed by atoms with E-state index in [0.29, 0.717) is 29.1 Å². The van der Waals surface area contributed by atoms with E-state index < -0.39 is 17.6 Å². The number of amides is 1. The van der Waals surface area contributed by atoms with E-state index in [1.807, 2.05) is 19.9 Å². The van der Waals surface area contributed by atoms with Crippen molar-refractivity contribution in [2.45, 2.75) is 26.9 Å². The van der Waals surface area contributed by atoms with Crippen LogP contribution in [0.2, 0.25) is 5.02 Å². The van der Waals surface area contributed by atoms with Gasteiger partial charge in [0.05, 0.1) is 29.1 Å². The van der Waals surface area contributed by atoms with Crippen LogP contribution in [-0.2, 0) is 11.0 Å². The van der Waals surface area contributed by atoms with Gasteiger partial charge in [0, 0.05) is 23.1 Å². The number of carbonyl (C=O) groups is 1. The minimum Gasteiger partial charge on any atom is -0.493 e. The van der Waals surface area contributed by atoms with Gasteiger partial charge in [-0.25, -0.2) is 0 Å². The summed E-state index contributed by atoms with van der Waals surface area (Å²) < 4.78 is 50.0. The number of furan rings is 1. The van der Waals surface area contributed by atoms with Crippen LogP contribution in [0.3, 0.4) is 0 Å². The molecule has 158 valence electrons. The number of ether oxygens (including phenoxy) is 1. The topological polar surface area (TPSA) is 51.5 Å². The molecule has 4 nitrogen and oxygen atoms in total. The average Bonchev–Trinajstić information content (AvgIpc) is 3.02. The number of rotatable bonds is 5. The van der Waals surface area contributed by atoms with Crippen molar-refractivity contribution >= 4 is 39.7 Å². The van der Waals surface area contributed by atoms with Crippen molar-refractivity contribution in [1.29, 1.82) is 0 Å². The Labute approximate surface area is 176 Å². The predicted octanol–water partition coefficient (Wildman–Crippen LogP) is 6.85. The second-order valence-electron chi connectivity index (χ2n) is 6.71. The Bertz CT molecular complexity index is 1130. The Morgan fingerprint density at radius 2 is 2.00 bits per heavy atom. The molecule has 8 heteroatoms. The molecule has 0 spiro atoms. The number of halogens is 4. The van der Waals surface area contributed by atoms with Crippen LogP contribution in [0.15, 0.2) is 47.1 Å². The van der Waals surface area contributed by atoms with Crippen LogP contribution in [0.1, 0.15) is 30.5 Å². The van der Waals surface area contributed by atoms with Gasteiger partial charge in [0.25, 0.3) is 0 Å². The number of alkyl halides is 3. The first-order chi connectivity index (χ1) is 14.1. The highest BCUT2D eigenvalue weighted by atomic mass is 35.5. The first-order valence-electron chi connectivity index (χ1n) is 9.11. The normalized spacial score (nSPS) is 12.3. The molecule has 1 N–H and O–H groups in total. The third kappa shape index (κ3) is 4.62. The molecule has 0 fully saturated rings. The lowest BCUT2D eigenvalue weighted by atomic mass is 10.0. The number of hydrogen-bond acceptors (Lipinski definition) is 3. The molecule has 0 radical (unpaired) electrons. The van der Waals surface area contributed by atoms with E-state index in [2.05, 4.69) is 5.32 Å². The monoisotopic (exact) mass is 437 g/mol. The molecule has 0 aliphatic heterocycles. The van der Waals surface area contributed by atoms with Gasteiger partial charge in [-0.3, -0.25) is 4.79 Å². The molecule has 0 saturated heterocycles. The Morgan fingerprint density at radius 1 is 1.27 bits per heavy atom. The van der Waals surface area contributed by atoms with E-state index in [-0.39, 0.29) is 10.7 Å². The molecule has 0 aliphatic rings. The van der Waals surface area contributed by atoms with Gasteiger partial charge in [0.15, 0.2) is 0 Å². The molecule has 0 atom stereocenters. The fraction of sp³-hybridized carbons (Fsp3) is 0.227. The minimum absolute atomic E-state index is 0.00727. The van der Waals surface area contributed by atoms with Crippen LogP contribution in [0.25, 0.3) is 16.5 Å². The van der Waals surface area contributed by atoms with Gasteiger partial charge < -0.3 is 14.5 Å². The number of aryl methyl sites for hydroxylation is 1. The third-order valence-electron chi connectivity index (χ3n) is 4.49. The average molecular weight is 438 g/mol. The molecule has 0 saturated carbocycles. The Morgan fingerprint density at radius 3 is 2.67 bits per heavy atom. The summed E-state index contributed by atoms with van der Waals surface area (Å²) in [5, 5.41) is 3.30. The van der Waals surface area contributed by atoms with Crippen LogP contribution in [0, 0.1) is 6.92 Å². The highest BCUT2D eigenvalue weighted by Gasteiger charge is 2.31. The number of benzene rings is 2. The van der Waals surface area contributed by atoms with Gasteiger partial charge >= 0.3 is 6.18 Å². The second kappa shape index (κ2) is 8.44. The smallest absolute Gasteiger partial charge is 0.416 e. The highest BCUT2D eigenvalue weighted by Crippen LogP contribution is 2.35. The molecule has 1 amide bonds. The fourth-order valence-electron chi connectivity index (χ4n) is 3.01. The predicted molar refractivity (Wildman–Crippen MR) is 111 cm³/mol. The molecule has 30 heavy (non-hydrogen) atoms. The van der Waals surface area contributed by atoms with E-state index in [9.17, 15) is 18.0 Å². The number of fused-ring (bicyclic) bond motifs is 1. The first kappa shape index (κ1) is 21.8. The lowest BCUT2D eigenvalue weighted by Crippen LogP contribution is -2.11. The third-order valence-corrected chi connectivity index (χ3v) is 4.82. The van der Waals surface area contributed by atoms with E-state index >= 15 is 0 Å². The molecule has 0 bridgehead atoms. The van der Waals surface area contributed by atoms with Crippen LogP contribution < -0.4 is 10.1 Å². The van der Waals surface area contributed by atoms with Crippen molar-refractivity contribution in [1.82, 2.24) is 0 Å². The lowest BCUT2D eigenvalue weighted by molar-refractivity contribution is -0.137. The van der Waals surface area contributed by atoms with E-state index in [1.54, 1.807) is 19.3 Å². The van der Waals surface area contributed by atoms with Crippen molar-refractivity contribution in [2.24, 2.45) is 0 Å². The van der Waals surface area contributed by atoms with Gasteiger partial charge in [-0.2, -0.15) is 13.2 Å². The molecule has 0 unspecified atom stereocenters. The minimum atomic E-state index is -4.54. The van der Waals surface area contributed by atoms with Gasteiger partial charge in [-0.1, -0.05) is 11.6 Å². The summed E-state index contributed by atoms with van der Waals surface area (Å²) in [5.41, 5.74) is 1.82. The van der Waals surface area contributed by atoms with Gasteiger partial charge in [-0.05, 0) is 56.2 Å². The summed E-state index contributed by atoms with van der Waals surface area (Å²) in [5.74, 6) is -0.0711. The van der Waals surface area contributed by atoms with Crippen LogP contribution in [-0.4, -0.2) is 12.5 Å². The summed E-state index contributed by atoms with van der Waals surface area (Å²) in [7, 11) is 0. The maximum atomic E-state index is 12.9. The van der Waals surface area contributed by atoms with Crippen molar-refractivity contribution in [3.8, 4) is 5.75 Å². The van der Waals surface area contributed by atoms with Crippen molar-refractivity contribution < 1.29 is 27.1 Å². The first-order valence-corrected chi connectivity index (χ1v) is 9.49. The lowest BCUT2D eigenvalue weighted by Gasteiger charge is -2.12. The summed E-state index contributed by atoms with van der Waals surface area (Å²) >= 11 is 5.95. The molecule has 0 aliphatic carbocycles. The number of hydrogen-bond donors (Lipinski definition) is 1. The number of allylic oxidation sites excluding steroid dienone is 1. The van der Waals surface area contributed by atoms with E-state index in [1.165, 1.54) is 6.08 Å². The molecule has 2 aromatic carbocycles. The standard InChI is InChI=1S/C22H19ClF3NO3/c1-4-29-19-10-20-16(13(3)11-30-20)9-15(19)12(2)7-21(28)27-18-8-14(22(24,25)26)5-6-17(18)23/h5-11H,4H2,1-3H3,(H,27,28)/b12-7+. The van der Waals surface area contributed by atoms with Crippen LogP contribution in [0.4, 0.5) is 18.9 Å². The summed E-state index contributed by atoms with van der Waals surface area (Å²) in [6, 6.07) is 6.36. The molecule has 1 aromatic heterocycles. The zero-order valence-electron chi connectivity index (χ0n) is 16.5. The maximum Gasteiger partial charge on any atom is 0.416 e. The zero-order chi connectivity index (χ0) is 22.1. The quantitative estimate of drug-likeness (QED) is 0.444. The maximum absolute atomic E-state index is 12.9. The van der Waals surface area contributed by atoms with Crippen molar-refractivity contribution in [3.63, 3.8) is 0 Å². The highest BCUT2D eigenvalue weighted by molar-refractivity contribution is 6.33. The van der Waals surface area contributed by atoms with E-state index in [4.69, 9.17) is 20.8 Å². The Balaban J connectivity index is 1.93. The largest absolute Gasteiger partial charge is 0.493 e. The molecular weight excluding hydrogens is 419 g/mol. The van der Waals surface area contributed by atoms with E-state index in [0.717, 1.165) is 29.1 Å². The Kier molecular flexibility index (Phi) is 6.12. The van der Waals surface area contributed by atoms with Crippen LogP contribution in [0.5, 0.6) is 5.75 Å². The second-order valence-corrected chi connectivity index (χ2v) is 7.11. The molecule has 1 heterocycles.